The van der Waals surface area contributed by atoms with Gasteiger partial charge < -0.3 is 0 Å². The molecule has 1 heterocycles. The molecule has 2 heteroatoms. The second-order valence-corrected chi connectivity index (χ2v) is 17.4. The summed E-state index contributed by atoms with van der Waals surface area (Å²) in [5.41, 5.74) is 18.9. The van der Waals surface area contributed by atoms with E-state index >= 15 is 0 Å². The van der Waals surface area contributed by atoms with E-state index in [1.165, 1.54) is 77.4 Å². The highest BCUT2D eigenvalue weighted by Gasteiger charge is 2.42. The van der Waals surface area contributed by atoms with Gasteiger partial charge in [0, 0.05) is 27.5 Å². The molecule has 0 aliphatic heterocycles. The van der Waals surface area contributed by atoms with Gasteiger partial charge in [-0.1, -0.05) is 202 Å². The molecule has 0 amide bonds. The summed E-state index contributed by atoms with van der Waals surface area (Å²) < 4.78 is 0. The molecule has 9 aromatic carbocycles. The molecule has 0 bridgehead atoms. The molecule has 0 radical (unpaired) electrons. The summed E-state index contributed by atoms with van der Waals surface area (Å²) in [4.78, 5) is 10.8. The number of nitrogens with zero attached hydrogens (tertiary/aromatic N) is 2. The predicted molar refractivity (Wildman–Crippen MR) is 254 cm³/mol. The number of fused-ring (bicyclic) bond motifs is 9. The summed E-state index contributed by atoms with van der Waals surface area (Å²) in [5.74, 6) is 0.711. The van der Waals surface area contributed by atoms with Gasteiger partial charge >= 0.3 is 0 Å². The van der Waals surface area contributed by atoms with Crippen molar-refractivity contribution in [3.63, 3.8) is 0 Å². The summed E-state index contributed by atoms with van der Waals surface area (Å²) in [6, 6.07) is 73.1. The van der Waals surface area contributed by atoms with Crippen LogP contribution in [0, 0.1) is 0 Å². The van der Waals surface area contributed by atoms with Crippen LogP contribution in [0.5, 0.6) is 0 Å². The zero-order valence-electron chi connectivity index (χ0n) is 34.4. The highest BCUT2D eigenvalue weighted by Crippen LogP contribution is 2.56. The van der Waals surface area contributed by atoms with Crippen LogP contribution in [0.4, 0.5) is 0 Å². The monoisotopic (exact) mass is 778 g/mol. The molecule has 0 N–H and O–H groups in total. The Morgan fingerprint density at radius 2 is 0.967 bits per heavy atom. The van der Waals surface area contributed by atoms with Crippen molar-refractivity contribution in [2.75, 3.05) is 0 Å². The van der Waals surface area contributed by atoms with Crippen LogP contribution in [0.25, 0.3) is 88.8 Å². The lowest BCUT2D eigenvalue weighted by atomic mass is 9.74. The number of hydrogen-bond acceptors (Lipinski definition) is 2. The van der Waals surface area contributed by atoms with Gasteiger partial charge in [-0.25, -0.2) is 9.97 Å². The van der Waals surface area contributed by atoms with Crippen molar-refractivity contribution in [3.05, 3.63) is 228 Å². The van der Waals surface area contributed by atoms with Crippen LogP contribution in [0.3, 0.4) is 0 Å². The number of benzene rings is 9. The molecule has 1 unspecified atom stereocenters. The van der Waals surface area contributed by atoms with E-state index in [9.17, 15) is 0 Å². The highest BCUT2D eigenvalue weighted by molar-refractivity contribution is 6.06. The second-order valence-electron chi connectivity index (χ2n) is 17.4. The van der Waals surface area contributed by atoms with Crippen LogP contribution in [-0.2, 0) is 10.8 Å². The van der Waals surface area contributed by atoms with Crippen molar-refractivity contribution in [2.24, 2.45) is 0 Å². The molecule has 10 aromatic rings. The SMILES string of the molecule is CC1(C)c2ccc(-c3ccc(-c4cc(-c5cccc6c5-c5ccccc5C6(C)c5ccccc5)nc(-c5ccccc5)n4)c4ccccc34)cc2-c2ccc3ccccc3c21. The van der Waals surface area contributed by atoms with Crippen LogP contribution in [0.2, 0.25) is 0 Å². The highest BCUT2D eigenvalue weighted by atomic mass is 14.9. The van der Waals surface area contributed by atoms with Crippen LogP contribution in [0.1, 0.15) is 48.6 Å². The van der Waals surface area contributed by atoms with Gasteiger partial charge in [-0.3, -0.25) is 0 Å². The average molecular weight is 779 g/mol. The van der Waals surface area contributed by atoms with E-state index in [1.54, 1.807) is 0 Å². The van der Waals surface area contributed by atoms with Crippen molar-refractivity contribution in [1.29, 1.82) is 0 Å². The first-order valence-corrected chi connectivity index (χ1v) is 21.3. The third kappa shape index (κ3) is 5.22. The third-order valence-electron chi connectivity index (χ3n) is 13.8. The smallest absolute Gasteiger partial charge is 0.160 e. The summed E-state index contributed by atoms with van der Waals surface area (Å²) >= 11 is 0. The van der Waals surface area contributed by atoms with Crippen LogP contribution in [0.15, 0.2) is 200 Å². The van der Waals surface area contributed by atoms with E-state index in [1.807, 2.05) is 6.07 Å². The molecule has 2 nitrogen and oxygen atoms in total. The molecule has 0 fully saturated rings. The molecule has 2 aliphatic rings. The molecule has 12 rings (SSSR count). The Morgan fingerprint density at radius 1 is 0.361 bits per heavy atom. The maximum Gasteiger partial charge on any atom is 0.160 e. The van der Waals surface area contributed by atoms with Crippen molar-refractivity contribution in [2.45, 2.75) is 31.6 Å². The van der Waals surface area contributed by atoms with E-state index < -0.39 is 0 Å². The molecule has 1 atom stereocenters. The fraction of sp³-hybridized carbons (Fsp3) is 0.0847. The Balaban J connectivity index is 1.04. The first-order chi connectivity index (χ1) is 29.9. The summed E-state index contributed by atoms with van der Waals surface area (Å²) in [5, 5.41) is 4.99. The Labute approximate surface area is 356 Å². The Hall–Kier alpha value is -7.42. The maximum atomic E-state index is 5.39. The lowest BCUT2D eigenvalue weighted by Crippen LogP contribution is -2.22. The molecule has 0 spiro atoms. The summed E-state index contributed by atoms with van der Waals surface area (Å²) in [6.45, 7) is 7.12. The largest absolute Gasteiger partial charge is 0.228 e. The quantitative estimate of drug-likeness (QED) is 0.174. The van der Waals surface area contributed by atoms with E-state index in [4.69, 9.17) is 9.97 Å². The lowest BCUT2D eigenvalue weighted by molar-refractivity contribution is 0.666. The molecule has 0 saturated heterocycles. The Bertz CT molecular complexity index is 3400. The Kier molecular flexibility index (Phi) is 7.74. The van der Waals surface area contributed by atoms with E-state index in [-0.39, 0.29) is 10.8 Å². The zero-order chi connectivity index (χ0) is 40.9. The molecule has 288 valence electrons. The topological polar surface area (TPSA) is 25.8 Å². The van der Waals surface area contributed by atoms with Gasteiger partial charge in [0.2, 0.25) is 0 Å². The number of rotatable bonds is 5. The third-order valence-corrected chi connectivity index (χ3v) is 13.8. The molecular weight excluding hydrogens is 737 g/mol. The summed E-state index contributed by atoms with van der Waals surface area (Å²) in [7, 11) is 0. The molecule has 1 aromatic heterocycles. The van der Waals surface area contributed by atoms with Crippen molar-refractivity contribution in [1.82, 2.24) is 9.97 Å². The van der Waals surface area contributed by atoms with Gasteiger partial charge in [0.25, 0.3) is 0 Å². The fourth-order valence-electron chi connectivity index (χ4n) is 10.8. The zero-order valence-corrected chi connectivity index (χ0v) is 34.4. The second kappa shape index (κ2) is 13.3. The number of aromatic nitrogens is 2. The van der Waals surface area contributed by atoms with E-state index in [0.717, 1.165) is 33.5 Å². The van der Waals surface area contributed by atoms with Crippen LogP contribution in [-0.4, -0.2) is 9.97 Å². The molecule has 61 heavy (non-hydrogen) atoms. The minimum absolute atomic E-state index is 0.0989. The minimum Gasteiger partial charge on any atom is -0.228 e. The van der Waals surface area contributed by atoms with Crippen molar-refractivity contribution >= 4 is 21.5 Å². The van der Waals surface area contributed by atoms with Gasteiger partial charge in [-0.2, -0.15) is 0 Å². The lowest BCUT2D eigenvalue weighted by Gasteiger charge is -2.28. The first kappa shape index (κ1) is 35.5. The fourth-order valence-corrected chi connectivity index (χ4v) is 10.8. The maximum absolute atomic E-state index is 5.39. The predicted octanol–water partition coefficient (Wildman–Crippen LogP) is 15.1. The van der Waals surface area contributed by atoms with Gasteiger partial charge in [-0.15, -0.1) is 0 Å². The average Bonchev–Trinajstić information content (AvgIpc) is 3.73. The van der Waals surface area contributed by atoms with Gasteiger partial charge in [0.1, 0.15) is 0 Å². The Morgan fingerprint density at radius 3 is 1.77 bits per heavy atom. The van der Waals surface area contributed by atoms with Gasteiger partial charge in [0.15, 0.2) is 5.82 Å². The van der Waals surface area contributed by atoms with E-state index in [2.05, 4.69) is 215 Å². The van der Waals surface area contributed by atoms with E-state index in [0.29, 0.717) is 5.82 Å². The summed E-state index contributed by atoms with van der Waals surface area (Å²) in [6.07, 6.45) is 0. The van der Waals surface area contributed by atoms with Crippen molar-refractivity contribution in [3.8, 4) is 67.3 Å². The van der Waals surface area contributed by atoms with Crippen LogP contribution < -0.4 is 0 Å². The molecule has 2 aliphatic carbocycles. The number of hydrogen-bond donors (Lipinski definition) is 0. The molecule has 0 saturated carbocycles. The van der Waals surface area contributed by atoms with Crippen LogP contribution >= 0.6 is 0 Å². The first-order valence-electron chi connectivity index (χ1n) is 21.3. The standard InChI is InChI=1S/C59H42N2/c1-58(2)50-34-30-39(35-49(50)46-31-29-37-17-10-11-22-42(37)56(46)58)41-32-33-45(44-24-13-12-23-43(41)44)53-36-54(61-57(60-53)38-18-6-4-7-19-38)48-26-16-28-52-55(48)47-25-14-15-27-51(47)59(52,3)40-20-8-5-9-21-40/h4-36H,1-3H3. The molecular formula is C59H42N2. The van der Waals surface area contributed by atoms with Crippen molar-refractivity contribution < 1.29 is 0 Å². The van der Waals surface area contributed by atoms with Gasteiger partial charge in [-0.05, 0) is 102 Å². The normalized spacial score (nSPS) is 15.7. The van der Waals surface area contributed by atoms with Gasteiger partial charge in [0.05, 0.1) is 11.4 Å². The minimum atomic E-state index is -0.309.